The number of alkyl halides is 7. The van der Waals surface area contributed by atoms with Crippen LogP contribution in [0.5, 0.6) is 0 Å². The predicted octanol–water partition coefficient (Wildman–Crippen LogP) is 7.19. The Labute approximate surface area is 211 Å². The first kappa shape index (κ1) is 26.2. The van der Waals surface area contributed by atoms with Gasteiger partial charge in [0.05, 0.1) is 33.6 Å². The molecule has 0 bridgehead atoms. The molecule has 3 aromatic rings. The number of rotatable bonds is 5. The normalized spacial score (nSPS) is 15.4. The van der Waals surface area contributed by atoms with Crippen molar-refractivity contribution in [2.75, 3.05) is 0 Å². The number of hydrogen-bond acceptors (Lipinski definition) is 4. The summed E-state index contributed by atoms with van der Waals surface area (Å²) in [6.07, 6.45) is -10.3. The molecule has 1 fully saturated rings. The van der Waals surface area contributed by atoms with E-state index in [0.29, 0.717) is 17.7 Å². The van der Waals surface area contributed by atoms with Crippen molar-refractivity contribution in [1.29, 1.82) is 5.26 Å². The Morgan fingerprint density at radius 3 is 2.17 bits per heavy atom. The van der Waals surface area contributed by atoms with Gasteiger partial charge in [0.25, 0.3) is 5.91 Å². The number of nitrogens with one attached hydrogen (secondary N) is 2. The van der Waals surface area contributed by atoms with Crippen LogP contribution in [-0.2, 0) is 5.67 Å². The van der Waals surface area contributed by atoms with E-state index in [1.54, 1.807) is 0 Å². The summed E-state index contributed by atoms with van der Waals surface area (Å²) in [6, 6.07) is 3.89. The van der Waals surface area contributed by atoms with Crippen LogP contribution in [0.4, 0.5) is 30.7 Å². The second-order valence-electron chi connectivity index (χ2n) is 7.98. The van der Waals surface area contributed by atoms with Crippen LogP contribution < -0.4 is 5.32 Å². The lowest BCUT2D eigenvalue weighted by Crippen LogP contribution is -2.50. The van der Waals surface area contributed by atoms with Gasteiger partial charge >= 0.3 is 18.0 Å². The molecule has 5 nitrogen and oxygen atoms in total. The molecule has 36 heavy (non-hydrogen) atoms. The summed E-state index contributed by atoms with van der Waals surface area (Å²) in [7, 11) is 0. The smallest absolute Gasteiger partial charge is 0.334 e. The second-order valence-corrected chi connectivity index (χ2v) is 9.70. The Morgan fingerprint density at radius 2 is 1.67 bits per heavy atom. The van der Waals surface area contributed by atoms with Gasteiger partial charge in [-0.25, -0.2) is 4.39 Å². The zero-order chi connectivity index (χ0) is 26.7. The third-order valence-corrected chi connectivity index (χ3v) is 7.11. The highest BCUT2D eigenvalue weighted by Crippen LogP contribution is 2.55. The Bertz CT molecular complexity index is 1350. The first-order chi connectivity index (χ1) is 16.6. The van der Waals surface area contributed by atoms with E-state index in [1.807, 2.05) is 6.07 Å². The quantitative estimate of drug-likeness (QED) is 0.318. The van der Waals surface area contributed by atoms with Crippen molar-refractivity contribution in [3.63, 3.8) is 0 Å². The van der Waals surface area contributed by atoms with Crippen molar-refractivity contribution in [2.45, 2.75) is 36.4 Å². The van der Waals surface area contributed by atoms with Crippen LogP contribution >= 0.6 is 34.5 Å². The third-order valence-electron chi connectivity index (χ3n) is 5.55. The van der Waals surface area contributed by atoms with Crippen LogP contribution in [0.3, 0.4) is 0 Å². The maximum atomic E-state index is 14.5. The Morgan fingerprint density at radius 1 is 1.08 bits per heavy atom. The number of benzene rings is 1. The van der Waals surface area contributed by atoms with Crippen molar-refractivity contribution in [3.05, 3.63) is 50.9 Å². The molecule has 4 rings (SSSR count). The van der Waals surface area contributed by atoms with Gasteiger partial charge < -0.3 is 5.32 Å². The summed E-state index contributed by atoms with van der Waals surface area (Å²) in [4.78, 5) is 12.9. The number of carbonyl (C=O) groups is 1. The van der Waals surface area contributed by atoms with Crippen molar-refractivity contribution in [2.24, 2.45) is 0 Å². The summed E-state index contributed by atoms with van der Waals surface area (Å²) >= 11 is 13.1. The number of halogens is 9. The molecule has 0 unspecified atom stereocenters. The summed E-state index contributed by atoms with van der Waals surface area (Å²) in [5.41, 5.74) is -8.15. The first-order valence-electron chi connectivity index (χ1n) is 9.82. The van der Waals surface area contributed by atoms with Gasteiger partial charge in [-0.15, -0.1) is 11.3 Å². The van der Waals surface area contributed by atoms with Crippen LogP contribution in [-0.4, -0.2) is 34.0 Å². The van der Waals surface area contributed by atoms with E-state index in [4.69, 9.17) is 28.5 Å². The maximum absolute atomic E-state index is 14.5. The average molecular weight is 571 g/mol. The van der Waals surface area contributed by atoms with E-state index in [0.717, 1.165) is 11.3 Å². The van der Waals surface area contributed by atoms with E-state index in [1.165, 1.54) is 17.6 Å². The molecular weight excluding hydrogens is 560 g/mol. The monoisotopic (exact) mass is 570 g/mol. The molecule has 2 heterocycles. The van der Waals surface area contributed by atoms with E-state index in [2.05, 4.69) is 15.5 Å². The molecule has 0 saturated heterocycles. The minimum absolute atomic E-state index is 0.0181. The molecule has 1 amide bonds. The number of nitrogens with zero attached hydrogens (tertiary/aromatic N) is 2. The molecule has 190 valence electrons. The number of carbonyl (C=O) groups excluding carboxylic acids is 1. The molecule has 15 heteroatoms. The Kier molecular flexibility index (Phi) is 6.30. The van der Waals surface area contributed by atoms with Gasteiger partial charge in [0.2, 0.25) is 0 Å². The summed E-state index contributed by atoms with van der Waals surface area (Å²) in [5, 5.41) is 18.2. The zero-order valence-corrected chi connectivity index (χ0v) is 19.7. The fraction of sp³-hybridized carbons (Fsp3) is 0.286. The maximum Gasteiger partial charge on any atom is 0.435 e. The molecule has 0 aliphatic heterocycles. The average Bonchev–Trinajstić information content (AvgIpc) is 3.15. The van der Waals surface area contributed by atoms with E-state index < -0.39 is 45.1 Å². The fourth-order valence-electron chi connectivity index (χ4n) is 3.44. The van der Waals surface area contributed by atoms with Crippen molar-refractivity contribution in [1.82, 2.24) is 15.5 Å². The lowest BCUT2D eigenvalue weighted by Gasteiger charge is -2.30. The minimum Gasteiger partial charge on any atom is -0.334 e. The van der Waals surface area contributed by atoms with Crippen molar-refractivity contribution >= 4 is 40.4 Å². The SMILES string of the molecule is N#CC1(NC(=O)c2csc(-c3cn[nH]c3-c3c(Cl)cc(C(F)(C(F)(F)F)C(F)(F)F)cc3Cl)c2)CC1. The highest BCUT2D eigenvalue weighted by atomic mass is 35.5. The number of thiophene rings is 1. The molecule has 2 aromatic heterocycles. The third kappa shape index (κ3) is 4.31. The molecule has 1 aliphatic rings. The lowest BCUT2D eigenvalue weighted by atomic mass is 9.92. The minimum atomic E-state index is -6.34. The van der Waals surface area contributed by atoms with Crippen LogP contribution in [0.1, 0.15) is 28.8 Å². The lowest BCUT2D eigenvalue weighted by molar-refractivity contribution is -0.348. The largest absolute Gasteiger partial charge is 0.435 e. The standard InChI is InChI=1S/C21H11Cl2F7N4OS/c22-12-4-10(19(24,20(25,26)27)21(28,29)30)5-13(23)15(12)16-11(6-32-34-16)14-3-9(7-36-14)17(35)33-18(8-31)1-2-18/h3-7H,1-2H2,(H,32,34)(H,33,35). The molecule has 0 radical (unpaired) electrons. The Hall–Kier alpha value is -2.82. The molecular formula is C21H11Cl2F7N4OS. The highest BCUT2D eigenvalue weighted by molar-refractivity contribution is 7.14. The van der Waals surface area contributed by atoms with E-state index in [9.17, 15) is 35.5 Å². The topological polar surface area (TPSA) is 81.6 Å². The van der Waals surface area contributed by atoms with Gasteiger partial charge in [-0.05, 0) is 31.0 Å². The number of nitriles is 1. The number of aromatic nitrogens is 2. The van der Waals surface area contributed by atoms with Crippen molar-refractivity contribution in [3.8, 4) is 27.8 Å². The van der Waals surface area contributed by atoms with Gasteiger partial charge in [-0.1, -0.05) is 23.2 Å². The van der Waals surface area contributed by atoms with E-state index >= 15 is 0 Å². The Balaban J connectivity index is 1.73. The van der Waals surface area contributed by atoms with Crippen LogP contribution in [0, 0.1) is 11.3 Å². The first-order valence-corrected chi connectivity index (χ1v) is 11.5. The molecule has 0 spiro atoms. The number of hydrogen-bond donors (Lipinski definition) is 2. The van der Waals surface area contributed by atoms with Crippen LogP contribution in [0.25, 0.3) is 21.7 Å². The van der Waals surface area contributed by atoms with Gasteiger partial charge in [0, 0.05) is 26.9 Å². The summed E-state index contributed by atoms with van der Waals surface area (Å²) in [5.74, 6) is -0.499. The van der Waals surface area contributed by atoms with Crippen LogP contribution in [0.2, 0.25) is 10.0 Å². The summed E-state index contributed by atoms with van der Waals surface area (Å²) < 4.78 is 93.5. The van der Waals surface area contributed by atoms with Gasteiger partial charge in [-0.2, -0.15) is 36.7 Å². The molecule has 0 atom stereocenters. The zero-order valence-electron chi connectivity index (χ0n) is 17.4. The highest BCUT2D eigenvalue weighted by Gasteiger charge is 2.73. The van der Waals surface area contributed by atoms with Crippen molar-refractivity contribution < 1.29 is 35.5 Å². The molecule has 1 aromatic carbocycles. The van der Waals surface area contributed by atoms with Gasteiger partial charge in [-0.3, -0.25) is 9.89 Å². The predicted molar refractivity (Wildman–Crippen MR) is 117 cm³/mol. The number of amides is 1. The van der Waals surface area contributed by atoms with Crippen LogP contribution in [0.15, 0.2) is 29.8 Å². The molecule has 2 N–H and O–H groups in total. The molecule has 1 aliphatic carbocycles. The second kappa shape index (κ2) is 8.64. The number of aromatic amines is 1. The fourth-order valence-corrected chi connectivity index (χ4v) is 5.02. The summed E-state index contributed by atoms with van der Waals surface area (Å²) in [6.45, 7) is 0. The van der Waals surface area contributed by atoms with Gasteiger partial charge in [0.1, 0.15) is 5.54 Å². The van der Waals surface area contributed by atoms with Gasteiger partial charge in [0.15, 0.2) is 0 Å². The number of H-pyrrole nitrogens is 1. The van der Waals surface area contributed by atoms with E-state index in [-0.39, 0.29) is 34.5 Å². The molecule has 1 saturated carbocycles.